The molecule has 0 N–H and O–H groups in total. The largest absolute Gasteiger partial charge is 0.465 e. The lowest BCUT2D eigenvalue weighted by Crippen LogP contribution is -3.62. The fourth-order valence-corrected chi connectivity index (χ4v) is 6.29. The Morgan fingerprint density at radius 1 is 1.04 bits per heavy atom. The zero-order chi connectivity index (χ0) is 18.7. The highest BCUT2D eigenvalue weighted by atomic mass is 127. The number of halogens is 2. The molecule has 1 heterocycles. The molecule has 0 unspecified atom stereocenters. The van der Waals surface area contributed by atoms with Gasteiger partial charge in [-0.05, 0) is 37.6 Å². The molecule has 3 rings (SSSR count). The van der Waals surface area contributed by atoms with E-state index in [4.69, 9.17) is 4.74 Å². The molecule has 0 fully saturated rings. The number of ether oxygens (including phenoxy) is 1. The molecule has 2 aromatic carbocycles. The second kappa shape index (κ2) is 8.39. The summed E-state index contributed by atoms with van der Waals surface area (Å²) >= 11 is 3.16. The highest BCUT2D eigenvalue weighted by molar-refractivity contribution is 9.10. The van der Waals surface area contributed by atoms with Crippen LogP contribution in [0.3, 0.4) is 0 Å². The number of aromatic nitrogens is 1. The Hall–Kier alpha value is -1.60. The second-order valence-electron chi connectivity index (χ2n) is 5.92. The van der Waals surface area contributed by atoms with Crippen LogP contribution in [0.25, 0.3) is 0 Å². The lowest BCUT2D eigenvalue weighted by atomic mass is 10.2. The van der Waals surface area contributed by atoms with Crippen molar-refractivity contribution in [3.8, 4) is 0 Å². The number of carbonyl (C=O) groups excluding carboxylic acids is 1. The van der Waals surface area contributed by atoms with Crippen molar-refractivity contribution in [1.82, 2.24) is 4.57 Å². The Morgan fingerprint density at radius 2 is 1.69 bits per heavy atom. The number of benzene rings is 2. The van der Waals surface area contributed by atoms with E-state index in [0.717, 1.165) is 31.5 Å². The number of rotatable bonds is 5. The van der Waals surface area contributed by atoms with Crippen LogP contribution in [0.4, 0.5) is 0 Å². The van der Waals surface area contributed by atoms with Crippen LogP contribution in [-0.4, -0.2) is 17.6 Å². The van der Waals surface area contributed by atoms with E-state index >= 15 is 0 Å². The molecule has 1 aromatic heterocycles. The van der Waals surface area contributed by atoms with Gasteiger partial charge in [-0.2, -0.15) is 0 Å². The summed E-state index contributed by atoms with van der Waals surface area (Å²) < 4.78 is 10.8. The van der Waals surface area contributed by atoms with E-state index in [-0.39, 0.29) is 5.97 Å². The first-order chi connectivity index (χ1) is 12.5. The number of nitrogens with zero attached hydrogens (tertiary/aromatic N) is 1. The summed E-state index contributed by atoms with van der Waals surface area (Å²) in [5.74, 6) is -0.248. The van der Waals surface area contributed by atoms with Crippen molar-refractivity contribution in [2.75, 3.05) is 7.11 Å². The summed E-state index contributed by atoms with van der Waals surface area (Å²) in [5.41, 5.74) is 4.04. The number of hydrogen-bond donors (Lipinski definition) is 0. The summed E-state index contributed by atoms with van der Waals surface area (Å²) in [7, 11) is 1.45. The van der Waals surface area contributed by atoms with E-state index in [2.05, 4.69) is 45.6 Å². The molecular formula is C21H20BrINO2+. The van der Waals surface area contributed by atoms with Crippen LogP contribution >= 0.6 is 15.9 Å². The molecule has 5 heteroatoms. The zero-order valence-corrected chi connectivity index (χ0v) is 18.7. The number of methoxy groups -OCH3 is 1. The van der Waals surface area contributed by atoms with E-state index in [1.807, 2.05) is 43.3 Å². The van der Waals surface area contributed by atoms with Gasteiger partial charge in [0.25, 0.3) is 0 Å². The van der Waals surface area contributed by atoms with Crippen molar-refractivity contribution >= 4 is 21.9 Å². The topological polar surface area (TPSA) is 31.2 Å². The van der Waals surface area contributed by atoms with Crippen molar-refractivity contribution in [2.45, 2.75) is 20.4 Å². The van der Waals surface area contributed by atoms with E-state index in [1.165, 1.54) is 16.2 Å². The van der Waals surface area contributed by atoms with Crippen LogP contribution in [-0.2, 0) is 11.3 Å². The van der Waals surface area contributed by atoms with Gasteiger partial charge in [0.15, 0.2) is 3.57 Å². The highest BCUT2D eigenvalue weighted by Crippen LogP contribution is 2.22. The van der Waals surface area contributed by atoms with Crippen LogP contribution in [0.2, 0.25) is 0 Å². The highest BCUT2D eigenvalue weighted by Gasteiger charge is 2.33. The molecule has 0 aliphatic carbocycles. The number of hydrogen-bond acceptors (Lipinski definition) is 2. The van der Waals surface area contributed by atoms with E-state index in [9.17, 15) is 4.79 Å². The van der Waals surface area contributed by atoms with Crippen LogP contribution in [0.15, 0.2) is 59.1 Å². The lowest BCUT2D eigenvalue weighted by molar-refractivity contribution is -0.598. The van der Waals surface area contributed by atoms with Gasteiger partial charge in [-0.15, -0.1) is 0 Å². The SMILES string of the molecule is COC(=O)c1c([I+]c2ccccc2)c(C)n(Cc2ccccc2Br)c1C. The molecular weight excluding hydrogens is 505 g/mol. The third-order valence-electron chi connectivity index (χ3n) is 4.32. The van der Waals surface area contributed by atoms with Gasteiger partial charge in [0, 0.05) is 16.7 Å². The normalized spacial score (nSPS) is 10.8. The Labute approximate surface area is 172 Å². The molecule has 26 heavy (non-hydrogen) atoms. The van der Waals surface area contributed by atoms with Gasteiger partial charge in [-0.3, -0.25) is 0 Å². The molecule has 0 amide bonds. The fraction of sp³-hybridized carbons (Fsp3) is 0.190. The average molecular weight is 525 g/mol. The smallest absolute Gasteiger partial charge is 0.360 e. The summed E-state index contributed by atoms with van der Waals surface area (Å²) in [6, 6.07) is 18.6. The van der Waals surface area contributed by atoms with Gasteiger partial charge in [-0.25, -0.2) is 4.79 Å². The molecule has 3 aromatic rings. The molecule has 0 aliphatic rings. The number of carbonyl (C=O) groups is 1. The molecule has 3 nitrogen and oxygen atoms in total. The summed E-state index contributed by atoms with van der Waals surface area (Å²) in [4.78, 5) is 12.5. The molecule has 0 saturated carbocycles. The van der Waals surface area contributed by atoms with E-state index in [0.29, 0.717) is 0 Å². The first-order valence-corrected chi connectivity index (χ1v) is 11.2. The first-order valence-electron chi connectivity index (χ1n) is 8.24. The van der Waals surface area contributed by atoms with Crippen molar-refractivity contribution < 1.29 is 30.7 Å². The Morgan fingerprint density at radius 3 is 2.35 bits per heavy atom. The van der Waals surface area contributed by atoms with Gasteiger partial charge < -0.3 is 9.30 Å². The quantitative estimate of drug-likeness (QED) is 0.377. The van der Waals surface area contributed by atoms with Gasteiger partial charge in [0.2, 0.25) is 3.57 Å². The Balaban J connectivity index is 2.08. The molecule has 0 atom stereocenters. The van der Waals surface area contributed by atoms with Crippen molar-refractivity contribution in [2.24, 2.45) is 0 Å². The average Bonchev–Trinajstić information content (AvgIpc) is 2.88. The molecule has 0 radical (unpaired) electrons. The third-order valence-corrected chi connectivity index (χ3v) is 8.30. The second-order valence-corrected chi connectivity index (χ2v) is 9.64. The van der Waals surface area contributed by atoms with Crippen LogP contribution in [0.5, 0.6) is 0 Å². The molecule has 0 spiro atoms. The minimum Gasteiger partial charge on any atom is -0.465 e. The van der Waals surface area contributed by atoms with Crippen molar-refractivity contribution in [3.63, 3.8) is 0 Å². The first kappa shape index (κ1) is 19.2. The standard InChI is InChI=1S/C21H20BrINO2/c1-14-19(21(25)26-3)20(23-17-10-5-4-6-11-17)15(2)24(14)13-16-9-7-8-12-18(16)22/h4-12H,13H2,1-3H3/q+1. The van der Waals surface area contributed by atoms with Gasteiger partial charge >= 0.3 is 27.2 Å². The summed E-state index contributed by atoms with van der Waals surface area (Å²) in [6.07, 6.45) is 0. The van der Waals surface area contributed by atoms with Crippen molar-refractivity contribution in [3.05, 3.63) is 88.7 Å². The Kier molecular flexibility index (Phi) is 6.19. The predicted molar refractivity (Wildman–Crippen MR) is 102 cm³/mol. The molecule has 0 saturated heterocycles. The summed E-state index contributed by atoms with van der Waals surface area (Å²) in [6.45, 7) is 4.84. The van der Waals surface area contributed by atoms with Crippen molar-refractivity contribution in [1.29, 1.82) is 0 Å². The van der Waals surface area contributed by atoms with Crippen LogP contribution in [0, 0.1) is 21.0 Å². The maximum atomic E-state index is 12.5. The summed E-state index contributed by atoms with van der Waals surface area (Å²) in [5, 5.41) is 0. The Bertz CT molecular complexity index is 935. The lowest BCUT2D eigenvalue weighted by Gasteiger charge is -2.10. The van der Waals surface area contributed by atoms with Crippen LogP contribution in [0.1, 0.15) is 27.3 Å². The zero-order valence-electron chi connectivity index (χ0n) is 14.9. The van der Waals surface area contributed by atoms with E-state index < -0.39 is 21.2 Å². The maximum absolute atomic E-state index is 12.5. The maximum Gasteiger partial charge on any atom is 0.360 e. The monoisotopic (exact) mass is 524 g/mol. The van der Waals surface area contributed by atoms with E-state index in [1.54, 1.807) is 0 Å². The predicted octanol–water partition coefficient (Wildman–Crippen LogP) is 1.83. The van der Waals surface area contributed by atoms with Gasteiger partial charge in [-0.1, -0.05) is 52.3 Å². The number of esters is 1. The minimum atomic E-state index is -0.468. The molecule has 134 valence electrons. The molecule has 0 bridgehead atoms. The third kappa shape index (κ3) is 3.88. The van der Waals surface area contributed by atoms with Gasteiger partial charge in [0.1, 0.15) is 5.56 Å². The van der Waals surface area contributed by atoms with Gasteiger partial charge in [0.05, 0.1) is 12.8 Å². The van der Waals surface area contributed by atoms with Crippen LogP contribution < -0.4 is 21.2 Å². The fourth-order valence-electron chi connectivity index (χ4n) is 2.92. The molecule has 0 aliphatic heterocycles. The minimum absolute atomic E-state index is 0.248.